The van der Waals surface area contributed by atoms with Crippen LogP contribution in [-0.2, 0) is 0 Å². The third kappa shape index (κ3) is 2.98. The summed E-state index contributed by atoms with van der Waals surface area (Å²) in [6.45, 7) is 14.1. The average molecular weight is 197 g/mol. The van der Waals surface area contributed by atoms with Crippen LogP contribution in [0.15, 0.2) is 0 Å². The smallest absolute Gasteiger partial charge is 0.0118 e. The Morgan fingerprint density at radius 3 is 1.43 bits per heavy atom. The first-order chi connectivity index (χ1) is 6.21. The fraction of sp³-hybridized carbons (Fsp3) is 1.00. The van der Waals surface area contributed by atoms with Gasteiger partial charge in [0.15, 0.2) is 0 Å². The second kappa shape index (κ2) is 3.84. The number of hydrogen-bond acceptors (Lipinski definition) is 1. The Kier molecular flexibility index (Phi) is 3.30. The molecule has 14 heavy (non-hydrogen) atoms. The van der Waals surface area contributed by atoms with Gasteiger partial charge in [0.2, 0.25) is 0 Å². The molecule has 0 aromatic carbocycles. The van der Waals surface area contributed by atoms with Gasteiger partial charge >= 0.3 is 0 Å². The van der Waals surface area contributed by atoms with Gasteiger partial charge in [-0.05, 0) is 23.7 Å². The Bertz CT molecular complexity index is 162. The molecule has 1 heterocycles. The molecule has 1 aliphatic rings. The van der Waals surface area contributed by atoms with E-state index in [9.17, 15) is 0 Å². The molecule has 84 valence electrons. The first-order valence-electron chi connectivity index (χ1n) is 5.97. The summed E-state index contributed by atoms with van der Waals surface area (Å²) < 4.78 is 0. The Labute approximate surface area is 89.7 Å². The zero-order valence-electron chi connectivity index (χ0n) is 10.8. The lowest BCUT2D eigenvalue weighted by Crippen LogP contribution is -2.53. The van der Waals surface area contributed by atoms with Crippen molar-refractivity contribution in [3.05, 3.63) is 0 Å². The summed E-state index contributed by atoms with van der Waals surface area (Å²) in [5.74, 6) is 0. The number of nitrogens with one attached hydrogen (secondary N) is 1. The monoisotopic (exact) mass is 197 g/mol. The highest BCUT2D eigenvalue weighted by Gasteiger charge is 2.34. The molecule has 0 radical (unpaired) electrons. The second-order valence-electron chi connectivity index (χ2n) is 6.93. The minimum absolute atomic E-state index is 0.407. The van der Waals surface area contributed by atoms with E-state index in [1.165, 1.54) is 19.3 Å². The maximum absolute atomic E-state index is 3.83. The number of rotatable bonds is 0. The summed E-state index contributed by atoms with van der Waals surface area (Å²) in [7, 11) is 0. The summed E-state index contributed by atoms with van der Waals surface area (Å²) in [6.07, 6.45) is 4.07. The molecule has 1 saturated heterocycles. The van der Waals surface area contributed by atoms with Crippen molar-refractivity contribution in [2.45, 2.75) is 72.9 Å². The average Bonchev–Trinajstić information content (AvgIpc) is 2.01. The molecule has 0 aromatic rings. The molecule has 0 amide bonds. The summed E-state index contributed by atoms with van der Waals surface area (Å²) in [5.41, 5.74) is 0.813. The number of piperidine rings is 1. The predicted molar refractivity (Wildman–Crippen MR) is 63.5 cm³/mol. The second-order valence-corrected chi connectivity index (χ2v) is 6.93. The van der Waals surface area contributed by atoms with E-state index in [0.717, 1.165) is 0 Å². The maximum Gasteiger partial charge on any atom is 0.0118 e. The minimum Gasteiger partial charge on any atom is -0.310 e. The molecule has 0 aromatic heterocycles. The molecule has 1 N–H and O–H groups in total. The lowest BCUT2D eigenvalue weighted by Gasteiger charge is -2.44. The van der Waals surface area contributed by atoms with E-state index in [1.807, 2.05) is 0 Å². The van der Waals surface area contributed by atoms with Crippen molar-refractivity contribution in [1.82, 2.24) is 5.32 Å². The number of hydrogen-bond donors (Lipinski definition) is 1. The molecule has 0 saturated carbocycles. The van der Waals surface area contributed by atoms with Gasteiger partial charge < -0.3 is 5.32 Å². The summed E-state index contributed by atoms with van der Waals surface area (Å²) in [5, 5.41) is 3.83. The molecule has 1 nitrogen and oxygen atoms in total. The maximum atomic E-state index is 3.83. The Hall–Kier alpha value is -0.0400. The third-order valence-corrected chi connectivity index (χ3v) is 3.48. The van der Waals surface area contributed by atoms with Crippen LogP contribution in [0.1, 0.15) is 60.8 Å². The van der Waals surface area contributed by atoms with Crippen molar-refractivity contribution < 1.29 is 0 Å². The summed E-state index contributed by atoms with van der Waals surface area (Å²) in [6, 6.07) is 1.39. The molecule has 1 aliphatic heterocycles. The Balaban J connectivity index is 2.61. The van der Waals surface area contributed by atoms with Gasteiger partial charge in [0.05, 0.1) is 0 Å². The van der Waals surface area contributed by atoms with Crippen LogP contribution in [0.2, 0.25) is 0 Å². The molecular formula is C13H27N. The van der Waals surface area contributed by atoms with Gasteiger partial charge in [-0.1, -0.05) is 48.0 Å². The topological polar surface area (TPSA) is 12.0 Å². The SMILES string of the molecule is CC(C)(C)[C@@H]1CCC[C@@H](C(C)(C)C)N1. The lowest BCUT2D eigenvalue weighted by molar-refractivity contribution is 0.133. The minimum atomic E-state index is 0.407. The highest BCUT2D eigenvalue weighted by atomic mass is 15.0. The van der Waals surface area contributed by atoms with E-state index in [1.54, 1.807) is 0 Å². The van der Waals surface area contributed by atoms with Crippen LogP contribution in [0.5, 0.6) is 0 Å². The van der Waals surface area contributed by atoms with Crippen LogP contribution < -0.4 is 5.32 Å². The van der Waals surface area contributed by atoms with E-state index in [2.05, 4.69) is 46.9 Å². The van der Waals surface area contributed by atoms with Gasteiger partial charge in [-0.3, -0.25) is 0 Å². The van der Waals surface area contributed by atoms with E-state index in [-0.39, 0.29) is 0 Å². The van der Waals surface area contributed by atoms with Gasteiger partial charge in [0.1, 0.15) is 0 Å². The first kappa shape index (κ1) is 12.0. The zero-order valence-corrected chi connectivity index (χ0v) is 10.8. The quantitative estimate of drug-likeness (QED) is 0.626. The Morgan fingerprint density at radius 1 is 0.786 bits per heavy atom. The first-order valence-corrected chi connectivity index (χ1v) is 5.97. The van der Waals surface area contributed by atoms with Crippen molar-refractivity contribution in [3.63, 3.8) is 0 Å². The van der Waals surface area contributed by atoms with Crippen molar-refractivity contribution in [2.75, 3.05) is 0 Å². The molecule has 0 aliphatic carbocycles. The standard InChI is InChI=1S/C13H27N/c1-12(2,3)10-8-7-9-11(14-10)13(4,5)6/h10-11,14H,7-9H2,1-6H3/t10-,11-/m0/s1. The fourth-order valence-corrected chi connectivity index (χ4v) is 2.30. The van der Waals surface area contributed by atoms with Crippen molar-refractivity contribution >= 4 is 0 Å². The van der Waals surface area contributed by atoms with E-state index in [0.29, 0.717) is 22.9 Å². The van der Waals surface area contributed by atoms with E-state index in [4.69, 9.17) is 0 Å². The van der Waals surface area contributed by atoms with Crippen LogP contribution in [0, 0.1) is 10.8 Å². The van der Waals surface area contributed by atoms with Crippen molar-refractivity contribution in [2.24, 2.45) is 10.8 Å². The highest BCUT2D eigenvalue weighted by molar-refractivity contribution is 4.92. The molecule has 0 unspecified atom stereocenters. The predicted octanol–water partition coefficient (Wildman–Crippen LogP) is 3.59. The van der Waals surface area contributed by atoms with Crippen LogP contribution >= 0.6 is 0 Å². The summed E-state index contributed by atoms with van der Waals surface area (Å²) >= 11 is 0. The van der Waals surface area contributed by atoms with Gasteiger partial charge in [-0.25, -0.2) is 0 Å². The van der Waals surface area contributed by atoms with E-state index < -0.39 is 0 Å². The van der Waals surface area contributed by atoms with Gasteiger partial charge in [-0.2, -0.15) is 0 Å². The highest BCUT2D eigenvalue weighted by Crippen LogP contribution is 2.33. The third-order valence-electron chi connectivity index (χ3n) is 3.48. The van der Waals surface area contributed by atoms with Gasteiger partial charge in [0.25, 0.3) is 0 Å². The molecule has 0 spiro atoms. The van der Waals surface area contributed by atoms with Crippen molar-refractivity contribution in [3.8, 4) is 0 Å². The molecule has 1 heteroatoms. The van der Waals surface area contributed by atoms with Crippen LogP contribution in [0.4, 0.5) is 0 Å². The molecule has 2 atom stereocenters. The summed E-state index contributed by atoms with van der Waals surface area (Å²) in [4.78, 5) is 0. The molecular weight excluding hydrogens is 170 g/mol. The fourth-order valence-electron chi connectivity index (χ4n) is 2.30. The molecule has 0 bridgehead atoms. The van der Waals surface area contributed by atoms with Crippen LogP contribution in [0.25, 0.3) is 0 Å². The lowest BCUT2D eigenvalue weighted by atomic mass is 9.75. The largest absolute Gasteiger partial charge is 0.310 e. The molecule has 1 fully saturated rings. The Morgan fingerprint density at radius 2 is 1.14 bits per heavy atom. The van der Waals surface area contributed by atoms with Crippen LogP contribution in [0.3, 0.4) is 0 Å². The molecule has 1 rings (SSSR count). The normalized spacial score (nSPS) is 30.4. The van der Waals surface area contributed by atoms with Crippen LogP contribution in [-0.4, -0.2) is 12.1 Å². The zero-order chi connectivity index (χ0) is 11.0. The van der Waals surface area contributed by atoms with Gasteiger partial charge in [0, 0.05) is 12.1 Å². The van der Waals surface area contributed by atoms with Crippen molar-refractivity contribution in [1.29, 1.82) is 0 Å². The van der Waals surface area contributed by atoms with Gasteiger partial charge in [-0.15, -0.1) is 0 Å². The van der Waals surface area contributed by atoms with E-state index >= 15 is 0 Å².